The normalized spacial score (nSPS) is 10.8. The molecule has 31 heavy (non-hydrogen) atoms. The highest BCUT2D eigenvalue weighted by molar-refractivity contribution is 7.22. The molecule has 0 aliphatic rings. The number of aromatic nitrogens is 2. The molecule has 0 fully saturated rings. The molecule has 0 spiro atoms. The Morgan fingerprint density at radius 3 is 2.65 bits per heavy atom. The molecule has 2 aromatic heterocycles. The number of fused-ring (bicyclic) bond motifs is 1. The number of carbonyl (C=O) groups excluding carboxylic acids is 1. The summed E-state index contributed by atoms with van der Waals surface area (Å²) < 4.78 is 11.9. The predicted octanol–water partition coefficient (Wildman–Crippen LogP) is 5.12. The molecule has 0 bridgehead atoms. The van der Waals surface area contributed by atoms with Crippen LogP contribution in [-0.4, -0.2) is 30.1 Å². The van der Waals surface area contributed by atoms with Gasteiger partial charge in [0, 0.05) is 6.20 Å². The molecule has 0 atom stereocenters. The van der Waals surface area contributed by atoms with E-state index in [1.807, 2.05) is 24.3 Å². The van der Waals surface area contributed by atoms with Crippen LogP contribution in [0.4, 0.5) is 5.13 Å². The van der Waals surface area contributed by atoms with Crippen LogP contribution < -0.4 is 14.4 Å². The van der Waals surface area contributed by atoms with E-state index in [0.717, 1.165) is 22.3 Å². The number of aryl methyl sites for hydroxylation is 1. The smallest absolute Gasteiger partial charge is 0.264 e. The second-order valence-corrected chi connectivity index (χ2v) is 7.91. The fraction of sp³-hybridized carbons (Fsp3) is 0.208. The van der Waals surface area contributed by atoms with Crippen LogP contribution in [0.5, 0.6) is 11.5 Å². The Hall–Kier alpha value is -3.45. The average Bonchev–Trinajstić information content (AvgIpc) is 3.25. The summed E-state index contributed by atoms with van der Waals surface area (Å²) in [6, 6.07) is 17.1. The van der Waals surface area contributed by atoms with Crippen LogP contribution in [0.3, 0.4) is 0 Å². The number of nitrogens with zero attached hydrogens (tertiary/aromatic N) is 3. The maximum absolute atomic E-state index is 13.7. The molecule has 0 saturated carbocycles. The first kappa shape index (κ1) is 20.8. The SMILES string of the molecule is CCc1ccc2nc(N(Cc3ccccn3)C(=O)c3cccc(OC)c3OC)sc2c1. The number of hydrogen-bond acceptors (Lipinski definition) is 6. The minimum Gasteiger partial charge on any atom is -0.493 e. The van der Waals surface area contributed by atoms with E-state index in [4.69, 9.17) is 14.5 Å². The number of hydrogen-bond donors (Lipinski definition) is 0. The van der Waals surface area contributed by atoms with Crippen molar-refractivity contribution in [3.63, 3.8) is 0 Å². The van der Waals surface area contributed by atoms with Crippen LogP contribution in [0.1, 0.15) is 28.5 Å². The Labute approximate surface area is 185 Å². The number of para-hydroxylation sites is 1. The largest absolute Gasteiger partial charge is 0.493 e. The topological polar surface area (TPSA) is 64.6 Å². The van der Waals surface area contributed by atoms with Crippen molar-refractivity contribution in [2.75, 3.05) is 19.1 Å². The highest BCUT2D eigenvalue weighted by atomic mass is 32.1. The molecule has 1 amide bonds. The Balaban J connectivity index is 1.81. The summed E-state index contributed by atoms with van der Waals surface area (Å²) in [7, 11) is 3.08. The van der Waals surface area contributed by atoms with Crippen LogP contribution in [0, 0.1) is 0 Å². The first-order valence-corrected chi connectivity index (χ1v) is 10.8. The van der Waals surface area contributed by atoms with Gasteiger partial charge in [0.15, 0.2) is 16.6 Å². The van der Waals surface area contributed by atoms with Crippen molar-refractivity contribution in [3.8, 4) is 11.5 Å². The van der Waals surface area contributed by atoms with E-state index < -0.39 is 0 Å². The molecular weight excluding hydrogens is 410 g/mol. The van der Waals surface area contributed by atoms with Gasteiger partial charge >= 0.3 is 0 Å². The van der Waals surface area contributed by atoms with Crippen molar-refractivity contribution in [2.24, 2.45) is 0 Å². The van der Waals surface area contributed by atoms with Crippen LogP contribution in [0.25, 0.3) is 10.2 Å². The molecule has 6 nitrogen and oxygen atoms in total. The van der Waals surface area contributed by atoms with Gasteiger partial charge in [0.1, 0.15) is 0 Å². The standard InChI is InChI=1S/C24H23N3O3S/c1-4-16-11-12-19-21(14-16)31-24(26-19)27(15-17-8-5-6-13-25-17)23(28)18-9-7-10-20(29-2)22(18)30-3/h5-14H,4,15H2,1-3H3. The van der Waals surface area contributed by atoms with E-state index in [2.05, 4.69) is 24.0 Å². The molecule has 0 radical (unpaired) electrons. The van der Waals surface area contributed by atoms with E-state index in [9.17, 15) is 4.79 Å². The highest BCUT2D eigenvalue weighted by Gasteiger charge is 2.26. The molecule has 4 aromatic rings. The molecule has 2 heterocycles. The lowest BCUT2D eigenvalue weighted by molar-refractivity contribution is 0.0981. The fourth-order valence-corrected chi connectivity index (χ4v) is 4.40. The van der Waals surface area contributed by atoms with Gasteiger partial charge in [-0.2, -0.15) is 0 Å². The summed E-state index contributed by atoms with van der Waals surface area (Å²) in [5, 5.41) is 0.615. The number of rotatable bonds is 7. The fourth-order valence-electron chi connectivity index (χ4n) is 3.37. The summed E-state index contributed by atoms with van der Waals surface area (Å²) in [5.41, 5.74) is 3.28. The molecular formula is C24H23N3O3S. The molecule has 158 valence electrons. The lowest BCUT2D eigenvalue weighted by atomic mass is 10.1. The Morgan fingerprint density at radius 1 is 1.06 bits per heavy atom. The summed E-state index contributed by atoms with van der Waals surface area (Å²) in [6.07, 6.45) is 2.66. The summed E-state index contributed by atoms with van der Waals surface area (Å²) in [6.45, 7) is 2.41. The number of pyridine rings is 1. The van der Waals surface area contributed by atoms with Crippen LogP contribution in [-0.2, 0) is 13.0 Å². The van der Waals surface area contributed by atoms with E-state index in [1.165, 1.54) is 24.0 Å². The lowest BCUT2D eigenvalue weighted by Crippen LogP contribution is -2.31. The van der Waals surface area contributed by atoms with Gasteiger partial charge in [-0.05, 0) is 48.4 Å². The van der Waals surface area contributed by atoms with E-state index in [-0.39, 0.29) is 5.91 Å². The van der Waals surface area contributed by atoms with Crippen molar-refractivity contribution in [3.05, 3.63) is 77.6 Å². The zero-order valence-corrected chi connectivity index (χ0v) is 18.5. The van der Waals surface area contributed by atoms with Gasteiger partial charge < -0.3 is 9.47 Å². The lowest BCUT2D eigenvalue weighted by Gasteiger charge is -2.21. The highest BCUT2D eigenvalue weighted by Crippen LogP contribution is 2.35. The van der Waals surface area contributed by atoms with E-state index in [0.29, 0.717) is 28.7 Å². The molecule has 4 rings (SSSR count). The number of methoxy groups -OCH3 is 2. The molecule has 0 aliphatic carbocycles. The molecule has 0 unspecified atom stereocenters. The van der Waals surface area contributed by atoms with Crippen LogP contribution in [0.15, 0.2) is 60.8 Å². The molecule has 2 aromatic carbocycles. The number of amides is 1. The predicted molar refractivity (Wildman–Crippen MR) is 123 cm³/mol. The Bertz CT molecular complexity index is 1210. The molecule has 0 aliphatic heterocycles. The van der Waals surface area contributed by atoms with Crippen molar-refractivity contribution in [2.45, 2.75) is 19.9 Å². The van der Waals surface area contributed by atoms with Gasteiger partial charge in [-0.25, -0.2) is 4.98 Å². The zero-order chi connectivity index (χ0) is 21.8. The third-order valence-electron chi connectivity index (χ3n) is 5.01. The van der Waals surface area contributed by atoms with Crippen molar-refractivity contribution in [1.82, 2.24) is 9.97 Å². The van der Waals surface area contributed by atoms with Crippen molar-refractivity contribution in [1.29, 1.82) is 0 Å². The first-order valence-electron chi connectivity index (χ1n) is 9.96. The number of carbonyl (C=O) groups is 1. The first-order chi connectivity index (χ1) is 15.1. The van der Waals surface area contributed by atoms with Gasteiger partial charge in [-0.15, -0.1) is 0 Å². The van der Waals surface area contributed by atoms with Crippen LogP contribution in [0.2, 0.25) is 0 Å². The number of ether oxygens (including phenoxy) is 2. The second-order valence-electron chi connectivity index (χ2n) is 6.91. The van der Waals surface area contributed by atoms with Gasteiger partial charge in [-0.3, -0.25) is 14.7 Å². The minimum atomic E-state index is -0.226. The van der Waals surface area contributed by atoms with Crippen molar-refractivity contribution < 1.29 is 14.3 Å². The third kappa shape index (κ3) is 4.22. The summed E-state index contributed by atoms with van der Waals surface area (Å²) in [5.74, 6) is 0.676. The molecule has 0 N–H and O–H groups in total. The molecule has 7 heteroatoms. The quantitative estimate of drug-likeness (QED) is 0.405. The number of thiazole rings is 1. The third-order valence-corrected chi connectivity index (χ3v) is 6.05. The van der Waals surface area contributed by atoms with Gasteiger partial charge in [0.2, 0.25) is 0 Å². The summed E-state index contributed by atoms with van der Waals surface area (Å²) in [4.78, 5) is 24.5. The van der Waals surface area contributed by atoms with Gasteiger partial charge in [0.05, 0.1) is 42.2 Å². The number of anilines is 1. The Kier molecular flexibility index (Phi) is 6.13. The monoisotopic (exact) mass is 433 g/mol. The minimum absolute atomic E-state index is 0.226. The summed E-state index contributed by atoms with van der Waals surface area (Å²) >= 11 is 1.49. The molecule has 0 saturated heterocycles. The van der Waals surface area contributed by atoms with Crippen LogP contribution >= 0.6 is 11.3 Å². The second kappa shape index (κ2) is 9.14. The van der Waals surface area contributed by atoms with E-state index >= 15 is 0 Å². The maximum atomic E-state index is 13.7. The van der Waals surface area contributed by atoms with Crippen molar-refractivity contribution >= 4 is 32.6 Å². The Morgan fingerprint density at radius 2 is 1.94 bits per heavy atom. The zero-order valence-electron chi connectivity index (χ0n) is 17.7. The van der Waals surface area contributed by atoms with E-state index in [1.54, 1.807) is 36.4 Å². The average molecular weight is 434 g/mol. The van der Waals surface area contributed by atoms with Gasteiger partial charge in [-0.1, -0.05) is 36.5 Å². The van der Waals surface area contributed by atoms with Gasteiger partial charge in [0.25, 0.3) is 5.91 Å². The number of benzene rings is 2. The maximum Gasteiger partial charge on any atom is 0.264 e.